The molecule has 0 aromatic heterocycles. The molecule has 0 fully saturated rings. The lowest BCUT2D eigenvalue weighted by Crippen LogP contribution is -2.10. The van der Waals surface area contributed by atoms with E-state index in [1.165, 1.54) is 6.92 Å². The van der Waals surface area contributed by atoms with Crippen molar-refractivity contribution >= 4 is 28.2 Å². The molecule has 2 aromatic rings. The van der Waals surface area contributed by atoms with Gasteiger partial charge >= 0.3 is 0 Å². The molecule has 0 bridgehead atoms. The van der Waals surface area contributed by atoms with Gasteiger partial charge in [0.25, 0.3) is 0 Å². The van der Waals surface area contributed by atoms with Crippen molar-refractivity contribution in [3.05, 3.63) is 58.7 Å². The van der Waals surface area contributed by atoms with E-state index in [2.05, 4.69) is 5.32 Å². The van der Waals surface area contributed by atoms with Crippen LogP contribution >= 0.6 is 0 Å². The van der Waals surface area contributed by atoms with Crippen LogP contribution in [-0.4, -0.2) is 22.2 Å². The third kappa shape index (κ3) is 3.93. The molecule has 0 aliphatic heterocycles. The molecular formula is C18H19NO3S. The number of carbonyl (C=O) groups excluding carboxylic acids is 2. The first-order valence-corrected chi connectivity index (χ1v) is 8.72. The molecule has 0 spiro atoms. The van der Waals surface area contributed by atoms with Gasteiger partial charge in [0.1, 0.15) is 0 Å². The molecule has 5 heteroatoms. The minimum absolute atomic E-state index is 0.0894. The first-order chi connectivity index (χ1) is 10.8. The molecule has 0 radical (unpaired) electrons. The molecule has 0 aliphatic rings. The lowest BCUT2D eigenvalue weighted by molar-refractivity contribution is -0.114. The van der Waals surface area contributed by atoms with Crippen molar-refractivity contribution in [1.82, 2.24) is 0 Å². The van der Waals surface area contributed by atoms with Crippen LogP contribution in [0, 0.1) is 13.8 Å². The summed E-state index contributed by atoms with van der Waals surface area (Å²) in [5.74, 6) is -0.233. The van der Waals surface area contributed by atoms with E-state index in [-0.39, 0.29) is 11.7 Å². The van der Waals surface area contributed by atoms with Crippen LogP contribution in [0.3, 0.4) is 0 Å². The Bertz CT molecular complexity index is 795. The van der Waals surface area contributed by atoms with Crippen molar-refractivity contribution in [2.24, 2.45) is 0 Å². The van der Waals surface area contributed by atoms with Crippen molar-refractivity contribution < 1.29 is 13.8 Å². The van der Waals surface area contributed by atoms with E-state index in [1.807, 2.05) is 13.8 Å². The van der Waals surface area contributed by atoms with Gasteiger partial charge in [0, 0.05) is 45.7 Å². The lowest BCUT2D eigenvalue weighted by atomic mass is 9.96. The Kier molecular flexibility index (Phi) is 5.11. The van der Waals surface area contributed by atoms with Gasteiger partial charge in [-0.1, -0.05) is 0 Å². The Morgan fingerprint density at radius 1 is 1.00 bits per heavy atom. The Morgan fingerprint density at radius 2 is 1.61 bits per heavy atom. The highest BCUT2D eigenvalue weighted by Crippen LogP contribution is 2.23. The highest BCUT2D eigenvalue weighted by Gasteiger charge is 2.14. The minimum Gasteiger partial charge on any atom is -0.326 e. The van der Waals surface area contributed by atoms with Crippen LogP contribution in [-0.2, 0) is 15.6 Å². The molecule has 1 N–H and O–H groups in total. The van der Waals surface area contributed by atoms with Gasteiger partial charge in [0.15, 0.2) is 5.78 Å². The van der Waals surface area contributed by atoms with Crippen molar-refractivity contribution in [2.45, 2.75) is 25.7 Å². The second-order valence-electron chi connectivity index (χ2n) is 5.47. The van der Waals surface area contributed by atoms with Crippen molar-refractivity contribution in [3.8, 4) is 0 Å². The fourth-order valence-electron chi connectivity index (χ4n) is 2.34. The number of hydrogen-bond acceptors (Lipinski definition) is 3. The first kappa shape index (κ1) is 17.1. The number of anilines is 1. The van der Waals surface area contributed by atoms with Crippen molar-refractivity contribution in [2.75, 3.05) is 11.6 Å². The maximum Gasteiger partial charge on any atom is 0.221 e. The summed E-state index contributed by atoms with van der Waals surface area (Å²) < 4.78 is 11.4. The van der Waals surface area contributed by atoms with Crippen LogP contribution in [0.25, 0.3) is 0 Å². The maximum atomic E-state index is 12.7. The summed E-state index contributed by atoms with van der Waals surface area (Å²) in [6.45, 7) is 5.14. The monoisotopic (exact) mass is 329 g/mol. The van der Waals surface area contributed by atoms with Gasteiger partial charge < -0.3 is 5.32 Å². The van der Waals surface area contributed by atoms with E-state index >= 15 is 0 Å². The largest absolute Gasteiger partial charge is 0.326 e. The van der Waals surface area contributed by atoms with E-state index < -0.39 is 10.8 Å². The fraction of sp³-hybridized carbons (Fsp3) is 0.222. The summed E-state index contributed by atoms with van der Waals surface area (Å²) in [7, 11) is -1.06. The topological polar surface area (TPSA) is 63.2 Å². The van der Waals surface area contributed by atoms with E-state index in [4.69, 9.17) is 0 Å². The third-order valence-corrected chi connectivity index (χ3v) is 4.51. The number of nitrogens with one attached hydrogen (secondary N) is 1. The maximum absolute atomic E-state index is 12.7. The van der Waals surface area contributed by atoms with Crippen LogP contribution in [0.2, 0.25) is 0 Å². The fourth-order valence-corrected chi connectivity index (χ4v) is 2.86. The summed E-state index contributed by atoms with van der Waals surface area (Å²) >= 11 is 0. The molecule has 23 heavy (non-hydrogen) atoms. The second-order valence-corrected chi connectivity index (χ2v) is 6.85. The van der Waals surface area contributed by atoms with Crippen LogP contribution in [0.5, 0.6) is 0 Å². The zero-order valence-corrected chi connectivity index (χ0v) is 14.4. The average molecular weight is 329 g/mol. The van der Waals surface area contributed by atoms with E-state index in [1.54, 1.807) is 42.7 Å². The molecule has 120 valence electrons. The second kappa shape index (κ2) is 6.87. The Morgan fingerprint density at radius 3 is 2.13 bits per heavy atom. The van der Waals surface area contributed by atoms with Gasteiger partial charge in [-0.3, -0.25) is 13.8 Å². The van der Waals surface area contributed by atoms with Gasteiger partial charge in [-0.25, -0.2) is 0 Å². The quantitative estimate of drug-likeness (QED) is 0.876. The number of benzene rings is 2. The highest BCUT2D eigenvalue weighted by atomic mass is 32.2. The van der Waals surface area contributed by atoms with Crippen LogP contribution in [0.4, 0.5) is 5.69 Å². The predicted octanol–water partition coefficient (Wildman–Crippen LogP) is 3.23. The Balaban J connectivity index is 2.37. The molecular weight excluding hydrogens is 310 g/mol. The number of carbonyl (C=O) groups is 2. The summed E-state index contributed by atoms with van der Waals surface area (Å²) in [6.07, 6.45) is 1.60. The summed E-state index contributed by atoms with van der Waals surface area (Å²) in [6, 6.07) is 10.4. The first-order valence-electron chi connectivity index (χ1n) is 7.16. The average Bonchev–Trinajstić information content (AvgIpc) is 2.49. The zero-order valence-electron chi connectivity index (χ0n) is 13.6. The molecule has 2 aromatic carbocycles. The Hall–Kier alpha value is -2.27. The molecule has 2 rings (SSSR count). The number of rotatable bonds is 4. The van der Waals surface area contributed by atoms with Crippen molar-refractivity contribution in [1.29, 1.82) is 0 Å². The summed E-state index contributed by atoms with van der Waals surface area (Å²) in [4.78, 5) is 24.6. The van der Waals surface area contributed by atoms with Crippen molar-refractivity contribution in [3.63, 3.8) is 0 Å². The van der Waals surface area contributed by atoms with Gasteiger partial charge in [-0.2, -0.15) is 0 Å². The molecule has 1 unspecified atom stereocenters. The highest BCUT2D eigenvalue weighted by molar-refractivity contribution is 7.84. The van der Waals surface area contributed by atoms with E-state index in [0.717, 1.165) is 11.1 Å². The molecule has 0 saturated heterocycles. The lowest BCUT2D eigenvalue weighted by Gasteiger charge is -2.12. The zero-order chi connectivity index (χ0) is 17.1. The number of hydrogen-bond donors (Lipinski definition) is 1. The smallest absolute Gasteiger partial charge is 0.221 e. The molecule has 1 atom stereocenters. The standard InChI is InChI=1S/C18H19NO3S/c1-11-10-17(19-13(3)20)12(2)9-16(11)18(21)14-5-7-15(8-6-14)23(4)22/h5-10H,1-4H3,(H,19,20). The van der Waals surface area contributed by atoms with Gasteiger partial charge in [-0.05, 0) is 61.4 Å². The molecule has 0 aliphatic carbocycles. The molecule has 0 saturated carbocycles. The van der Waals surface area contributed by atoms with Crippen LogP contribution in [0.15, 0.2) is 41.3 Å². The van der Waals surface area contributed by atoms with E-state index in [9.17, 15) is 13.8 Å². The molecule has 0 heterocycles. The number of ketones is 1. The van der Waals surface area contributed by atoms with Gasteiger partial charge in [-0.15, -0.1) is 0 Å². The van der Waals surface area contributed by atoms with Gasteiger partial charge in [0.2, 0.25) is 5.91 Å². The number of aryl methyl sites for hydroxylation is 2. The van der Waals surface area contributed by atoms with Crippen LogP contribution < -0.4 is 5.32 Å². The minimum atomic E-state index is -1.06. The number of amides is 1. The van der Waals surface area contributed by atoms with Crippen LogP contribution in [0.1, 0.15) is 34.0 Å². The summed E-state index contributed by atoms with van der Waals surface area (Å²) in [5, 5.41) is 2.76. The van der Waals surface area contributed by atoms with Gasteiger partial charge in [0.05, 0.1) is 0 Å². The van der Waals surface area contributed by atoms with E-state index in [0.29, 0.717) is 21.7 Å². The Labute approximate surface area is 138 Å². The third-order valence-electron chi connectivity index (χ3n) is 3.58. The predicted molar refractivity (Wildman–Crippen MR) is 92.4 cm³/mol. The molecule has 4 nitrogen and oxygen atoms in total. The SMILES string of the molecule is CC(=O)Nc1cc(C)c(C(=O)c2ccc(S(C)=O)cc2)cc1C. The molecule has 1 amide bonds. The normalized spacial score (nSPS) is 11.8. The summed E-state index contributed by atoms with van der Waals surface area (Å²) in [5.41, 5.74) is 3.49.